The molecule has 4 N–H and O–H groups in total. The van der Waals surface area contributed by atoms with Gasteiger partial charge < -0.3 is 40.2 Å². The van der Waals surface area contributed by atoms with Crippen molar-refractivity contribution in [1.29, 1.82) is 0 Å². The molecular formula is C44H59ClN4O10. The van der Waals surface area contributed by atoms with Crippen LogP contribution in [0.5, 0.6) is 0 Å². The van der Waals surface area contributed by atoms with Crippen LogP contribution in [-0.4, -0.2) is 78.8 Å². The molecule has 1 fully saturated rings. The molecule has 322 valence electrons. The first kappa shape index (κ1) is 46.7. The molecule has 0 aliphatic carbocycles. The zero-order chi connectivity index (χ0) is 43.7. The highest BCUT2D eigenvalue weighted by molar-refractivity contribution is 6.31. The lowest BCUT2D eigenvalue weighted by Crippen LogP contribution is -2.51. The summed E-state index contributed by atoms with van der Waals surface area (Å²) in [6.07, 6.45) is 0.0846. The first-order valence-electron chi connectivity index (χ1n) is 20.0. The number of cyclic esters (lactones) is 2. The van der Waals surface area contributed by atoms with Crippen LogP contribution in [0.4, 0.5) is 4.79 Å². The Bertz CT molecular complexity index is 1870. The molecular weight excluding hydrogens is 780 g/mol. The topological polar surface area (TPSA) is 191 Å². The Kier molecular flexibility index (Phi) is 16.1. The van der Waals surface area contributed by atoms with E-state index in [2.05, 4.69) is 21.3 Å². The summed E-state index contributed by atoms with van der Waals surface area (Å²) < 4.78 is 23.2. The van der Waals surface area contributed by atoms with Gasteiger partial charge >= 0.3 is 18.0 Å². The molecule has 14 nitrogen and oxygen atoms in total. The lowest BCUT2D eigenvalue weighted by molar-refractivity contribution is -0.179. The van der Waals surface area contributed by atoms with Gasteiger partial charge in [0.15, 0.2) is 6.10 Å². The minimum atomic E-state index is -1.23. The van der Waals surface area contributed by atoms with Gasteiger partial charge in [-0.25, -0.2) is 9.59 Å². The number of carbonyl (C=O) groups excluding carboxylic acids is 6. The highest BCUT2D eigenvalue weighted by atomic mass is 35.5. The lowest BCUT2D eigenvalue weighted by atomic mass is 9.92. The summed E-state index contributed by atoms with van der Waals surface area (Å²) in [6.45, 7) is 15.9. The minimum absolute atomic E-state index is 0.0226. The largest absolute Gasteiger partial charge is 0.459 e. The molecule has 2 aromatic rings. The fraction of sp³-hybridized carbons (Fsp3) is 0.545. The number of hydrogen-bond acceptors (Lipinski definition) is 10. The van der Waals surface area contributed by atoms with E-state index in [0.717, 1.165) is 22.3 Å². The van der Waals surface area contributed by atoms with Crippen molar-refractivity contribution in [3.63, 3.8) is 0 Å². The Labute approximate surface area is 351 Å². The van der Waals surface area contributed by atoms with Crippen molar-refractivity contribution in [2.45, 2.75) is 124 Å². The fourth-order valence-electron chi connectivity index (χ4n) is 6.30. The van der Waals surface area contributed by atoms with Gasteiger partial charge in [-0.2, -0.15) is 0 Å². The van der Waals surface area contributed by atoms with Gasteiger partial charge in [-0.3, -0.25) is 19.2 Å². The minimum Gasteiger partial charge on any atom is -0.459 e. The molecule has 4 rings (SSSR count). The SMILES string of the molecule is Cc1ccc(C[C@H]2NC(=O)/C=C/C[C@@H]([C@H](C)C3OC3c3ccc(CNC(=O)CNC(=O)OC(C)(C)C)cc3)OC(=O)[C@H](CC(C)C)OC(=O)C(C)(C)CNC2=O)cc1Cl. The fourth-order valence-corrected chi connectivity index (χ4v) is 6.51. The number of hydrogen-bond donors (Lipinski definition) is 4. The molecule has 4 amide bonds. The van der Waals surface area contributed by atoms with Gasteiger partial charge in [0.05, 0.1) is 11.5 Å². The van der Waals surface area contributed by atoms with Crippen LogP contribution in [0.3, 0.4) is 0 Å². The summed E-state index contributed by atoms with van der Waals surface area (Å²) >= 11 is 6.36. The molecule has 0 radical (unpaired) electrons. The molecule has 0 spiro atoms. The zero-order valence-corrected chi connectivity index (χ0v) is 36.2. The van der Waals surface area contributed by atoms with E-state index in [9.17, 15) is 28.8 Å². The first-order valence-corrected chi connectivity index (χ1v) is 20.4. The number of nitrogens with one attached hydrogen (secondary N) is 4. The van der Waals surface area contributed by atoms with E-state index in [4.69, 9.17) is 30.5 Å². The van der Waals surface area contributed by atoms with Crippen molar-refractivity contribution in [3.05, 3.63) is 81.9 Å². The monoisotopic (exact) mass is 838 g/mol. The van der Waals surface area contributed by atoms with Crippen molar-refractivity contribution < 1.29 is 47.7 Å². The quantitative estimate of drug-likeness (QED) is 0.127. The van der Waals surface area contributed by atoms with Crippen LogP contribution in [-0.2, 0) is 55.9 Å². The number of amides is 4. The van der Waals surface area contributed by atoms with Crippen molar-refractivity contribution in [1.82, 2.24) is 21.3 Å². The van der Waals surface area contributed by atoms with E-state index in [1.807, 2.05) is 64.1 Å². The van der Waals surface area contributed by atoms with E-state index in [0.29, 0.717) is 5.02 Å². The number of halogens is 1. The van der Waals surface area contributed by atoms with E-state index >= 15 is 0 Å². The second kappa shape index (κ2) is 20.3. The summed E-state index contributed by atoms with van der Waals surface area (Å²) in [5.74, 6) is -3.18. The molecule has 15 heteroatoms. The Hall–Kier alpha value is -4.95. The van der Waals surface area contributed by atoms with Crippen LogP contribution in [0, 0.1) is 24.2 Å². The molecule has 59 heavy (non-hydrogen) atoms. The van der Waals surface area contributed by atoms with Gasteiger partial charge in [0, 0.05) is 36.9 Å². The van der Waals surface area contributed by atoms with E-state index in [1.54, 1.807) is 46.8 Å². The number of alkyl carbamates (subject to hydrolysis) is 1. The van der Waals surface area contributed by atoms with Gasteiger partial charge in [0.2, 0.25) is 17.7 Å². The number of rotatable bonds is 11. The normalized spacial score (nSPS) is 23.8. The van der Waals surface area contributed by atoms with Crippen LogP contribution in [0.15, 0.2) is 54.6 Å². The molecule has 2 unspecified atom stereocenters. The molecule has 2 heterocycles. The van der Waals surface area contributed by atoms with Crippen molar-refractivity contribution in [3.8, 4) is 0 Å². The molecule has 1 saturated heterocycles. The standard InChI is InChI=1S/C44H59ClN4O10/c1-25(2)19-34-40(53)56-33(27(4)37-38(58-37)30-17-15-28(16-18-30)22-46-36(51)23-47-42(55)59-43(5,6)7)11-10-12-35(50)49-32(21-29-14-13-26(3)31(45)20-29)39(52)48-24-44(8,9)41(54)57-34/h10,12-18,20,25,27,32-34,37-38H,11,19,21-24H2,1-9H3,(H,46,51)(H,47,55)(H,48,52)(H,49,50)/b12-10+/t27-,32+,33-,34-,37?,38?/m0/s1. The Morgan fingerprint density at radius 1 is 0.983 bits per heavy atom. The lowest BCUT2D eigenvalue weighted by Gasteiger charge is -2.29. The van der Waals surface area contributed by atoms with Crippen LogP contribution in [0.2, 0.25) is 5.02 Å². The number of aryl methyl sites for hydroxylation is 1. The average Bonchev–Trinajstić information content (AvgIpc) is 3.95. The molecule has 2 aliphatic rings. The summed E-state index contributed by atoms with van der Waals surface area (Å²) in [4.78, 5) is 78.3. The Morgan fingerprint density at radius 2 is 1.66 bits per heavy atom. The number of carbonyl (C=O) groups is 6. The molecule has 0 bridgehead atoms. The summed E-state index contributed by atoms with van der Waals surface area (Å²) in [7, 11) is 0. The first-order chi connectivity index (χ1) is 27.6. The van der Waals surface area contributed by atoms with Crippen molar-refractivity contribution in [2.24, 2.45) is 17.3 Å². The zero-order valence-electron chi connectivity index (χ0n) is 35.4. The third-order valence-corrected chi connectivity index (χ3v) is 10.3. The molecule has 2 aliphatic heterocycles. The summed E-state index contributed by atoms with van der Waals surface area (Å²) in [6, 6.07) is 11.9. The second-order valence-electron chi connectivity index (χ2n) is 17.3. The van der Waals surface area contributed by atoms with E-state index in [1.165, 1.54) is 6.08 Å². The van der Waals surface area contributed by atoms with E-state index in [-0.39, 0.29) is 68.8 Å². The van der Waals surface area contributed by atoms with E-state index < -0.39 is 59.1 Å². The highest BCUT2D eigenvalue weighted by Gasteiger charge is 2.48. The van der Waals surface area contributed by atoms with Crippen LogP contribution < -0.4 is 21.3 Å². The predicted molar refractivity (Wildman–Crippen MR) is 221 cm³/mol. The number of ether oxygens (including phenoxy) is 4. The van der Waals surface area contributed by atoms with Gasteiger partial charge in [-0.15, -0.1) is 0 Å². The third kappa shape index (κ3) is 14.7. The highest BCUT2D eigenvalue weighted by Crippen LogP contribution is 2.45. The van der Waals surface area contributed by atoms with Gasteiger partial charge in [-0.1, -0.05) is 74.8 Å². The molecule has 6 atom stereocenters. The number of esters is 2. The third-order valence-electron chi connectivity index (χ3n) is 9.89. The summed E-state index contributed by atoms with van der Waals surface area (Å²) in [5, 5.41) is 11.3. The second-order valence-corrected chi connectivity index (χ2v) is 17.7. The van der Waals surface area contributed by atoms with Crippen molar-refractivity contribution in [2.75, 3.05) is 13.1 Å². The maximum atomic E-state index is 13.8. The van der Waals surface area contributed by atoms with Crippen LogP contribution in [0.25, 0.3) is 0 Å². The van der Waals surface area contributed by atoms with Crippen LogP contribution in [0.1, 0.15) is 96.6 Å². The number of benzene rings is 2. The maximum Gasteiger partial charge on any atom is 0.408 e. The smallest absolute Gasteiger partial charge is 0.408 e. The predicted octanol–water partition coefficient (Wildman–Crippen LogP) is 5.56. The molecule has 0 saturated carbocycles. The van der Waals surface area contributed by atoms with Gasteiger partial charge in [0.1, 0.15) is 30.4 Å². The Morgan fingerprint density at radius 3 is 2.31 bits per heavy atom. The number of epoxide rings is 1. The van der Waals surface area contributed by atoms with Gasteiger partial charge in [0.25, 0.3) is 0 Å². The van der Waals surface area contributed by atoms with Crippen LogP contribution >= 0.6 is 11.6 Å². The van der Waals surface area contributed by atoms with Gasteiger partial charge in [-0.05, 0) is 88.3 Å². The summed E-state index contributed by atoms with van der Waals surface area (Å²) in [5.41, 5.74) is 1.41. The van der Waals surface area contributed by atoms with Crippen molar-refractivity contribution >= 4 is 47.4 Å². The molecule has 0 aromatic heterocycles. The average molecular weight is 839 g/mol. The Balaban J connectivity index is 1.48. The molecule has 2 aromatic carbocycles. The maximum absolute atomic E-state index is 13.8.